The Morgan fingerprint density at radius 1 is 0.833 bits per heavy atom. The zero-order chi connectivity index (χ0) is 9.46. The van der Waals surface area contributed by atoms with E-state index < -0.39 is 0 Å². The van der Waals surface area contributed by atoms with Crippen LogP contribution in [0.25, 0.3) is 0 Å². The van der Waals surface area contributed by atoms with E-state index in [-0.39, 0.29) is 0 Å². The summed E-state index contributed by atoms with van der Waals surface area (Å²) < 4.78 is 3.74. The molecule has 0 saturated heterocycles. The van der Waals surface area contributed by atoms with Crippen molar-refractivity contribution < 1.29 is 0 Å². The van der Waals surface area contributed by atoms with Crippen LogP contribution in [0.4, 0.5) is 0 Å². The van der Waals surface area contributed by atoms with Gasteiger partial charge in [0, 0.05) is 16.1 Å². The minimum absolute atomic E-state index is 0.594. The van der Waals surface area contributed by atoms with Crippen molar-refractivity contribution in [3.63, 3.8) is 0 Å². The maximum absolute atomic E-state index is 5.97. The van der Waals surface area contributed by atoms with Crippen LogP contribution in [-0.2, 0) is 0 Å². The molecule has 0 atom stereocenters. The number of halogens is 6. The first-order valence-corrected chi connectivity index (χ1v) is 7.13. The average Bonchev–Trinajstić information content (AvgIpc) is 2.08. The molecule has 0 saturated carbocycles. The third-order valence-corrected chi connectivity index (χ3v) is 8.40. The summed E-state index contributed by atoms with van der Waals surface area (Å²) in [5.74, 6) is 0. The van der Waals surface area contributed by atoms with Crippen LogP contribution in [0.15, 0.2) is 8.95 Å². The molecule has 0 spiro atoms. The molecule has 66 valence electrons. The van der Waals surface area contributed by atoms with Crippen LogP contribution < -0.4 is 0 Å². The van der Waals surface area contributed by atoms with Gasteiger partial charge in [0.25, 0.3) is 0 Å². The van der Waals surface area contributed by atoms with Crippen molar-refractivity contribution in [3.8, 4) is 0 Å². The molecule has 0 fully saturated rings. The maximum Gasteiger partial charge on any atom is 0.0748 e. The van der Waals surface area contributed by atoms with Crippen LogP contribution in [0.1, 0.15) is 0 Å². The highest BCUT2D eigenvalue weighted by molar-refractivity contribution is 14.1. The molecule has 0 radical (unpaired) electrons. The third-order valence-electron chi connectivity index (χ3n) is 1.16. The predicted molar refractivity (Wildman–Crippen MR) is 77.3 cm³/mol. The Morgan fingerprint density at radius 3 is 1.33 bits per heavy atom. The maximum atomic E-state index is 5.97. The van der Waals surface area contributed by atoms with Gasteiger partial charge in [-0.05, 0) is 77.0 Å². The molecule has 6 heteroatoms. The lowest BCUT2D eigenvalue weighted by Crippen LogP contribution is -1.86. The van der Waals surface area contributed by atoms with Crippen molar-refractivity contribution in [2.24, 2.45) is 0 Å². The molecule has 0 heterocycles. The predicted octanol–water partition coefficient (Wildman–Crippen LogP) is 5.73. The minimum Gasteiger partial charge on any atom is -0.0815 e. The number of benzene rings is 1. The van der Waals surface area contributed by atoms with E-state index in [4.69, 9.17) is 23.2 Å². The monoisotopic (exact) mass is 554 g/mol. The zero-order valence-electron chi connectivity index (χ0n) is 5.27. The Bertz CT molecular complexity index is 236. The van der Waals surface area contributed by atoms with Crippen molar-refractivity contribution in [3.05, 3.63) is 26.1 Å². The fourth-order valence-electron chi connectivity index (χ4n) is 0.578. The normalized spacial score (nSPS) is 10.5. The Kier molecular flexibility index (Phi) is 4.95. The van der Waals surface area contributed by atoms with Gasteiger partial charge in [-0.25, -0.2) is 0 Å². The number of hydrogen-bond acceptors (Lipinski definition) is 0. The SMILES string of the molecule is Clc1c(Cl)c(I)c(Br)c(Br)c1I. The molecule has 0 N–H and O–H groups in total. The summed E-state index contributed by atoms with van der Waals surface area (Å²) >= 11 is 23.0. The molecule has 0 aliphatic carbocycles. The summed E-state index contributed by atoms with van der Waals surface area (Å²) in [6.07, 6.45) is 0. The van der Waals surface area contributed by atoms with Crippen LogP contribution in [0.2, 0.25) is 10.0 Å². The molecule has 12 heavy (non-hydrogen) atoms. The molecule has 0 unspecified atom stereocenters. The average molecular weight is 557 g/mol. The quantitative estimate of drug-likeness (QED) is 0.218. The van der Waals surface area contributed by atoms with E-state index in [0.29, 0.717) is 10.0 Å². The first-order valence-electron chi connectivity index (χ1n) is 2.63. The molecular weight excluding hydrogens is 557 g/mol. The molecular formula is C6Br2Cl2I2. The molecule has 1 rings (SSSR count). The molecule has 0 amide bonds. The Hall–Kier alpha value is 2.22. The third kappa shape index (κ3) is 2.24. The molecule has 1 aromatic rings. The fraction of sp³-hybridized carbons (Fsp3) is 0. The van der Waals surface area contributed by atoms with Crippen LogP contribution in [0, 0.1) is 7.14 Å². The number of rotatable bonds is 0. The molecule has 0 bridgehead atoms. The van der Waals surface area contributed by atoms with Gasteiger partial charge in [-0.1, -0.05) is 23.2 Å². The highest BCUT2D eigenvalue weighted by Gasteiger charge is 2.15. The summed E-state index contributed by atoms with van der Waals surface area (Å²) in [6, 6.07) is 0. The molecule has 0 aliphatic rings. The number of hydrogen-bond donors (Lipinski definition) is 0. The van der Waals surface area contributed by atoms with E-state index >= 15 is 0 Å². The lowest BCUT2D eigenvalue weighted by molar-refractivity contribution is 1.49. The highest BCUT2D eigenvalue weighted by atomic mass is 127. The van der Waals surface area contributed by atoms with E-state index in [2.05, 4.69) is 77.0 Å². The fourth-order valence-corrected chi connectivity index (χ4v) is 4.12. The van der Waals surface area contributed by atoms with Gasteiger partial charge in [-0.2, -0.15) is 0 Å². The molecule has 0 aromatic heterocycles. The van der Waals surface area contributed by atoms with E-state index in [1.54, 1.807) is 0 Å². The van der Waals surface area contributed by atoms with Crippen LogP contribution in [-0.4, -0.2) is 0 Å². The largest absolute Gasteiger partial charge is 0.0815 e. The molecule has 0 nitrogen and oxygen atoms in total. The summed E-state index contributed by atoms with van der Waals surface area (Å²) in [6.45, 7) is 0. The van der Waals surface area contributed by atoms with Gasteiger partial charge in [0.2, 0.25) is 0 Å². The van der Waals surface area contributed by atoms with Gasteiger partial charge >= 0.3 is 0 Å². The van der Waals surface area contributed by atoms with Crippen molar-refractivity contribution in [1.29, 1.82) is 0 Å². The van der Waals surface area contributed by atoms with E-state index in [1.807, 2.05) is 0 Å². The van der Waals surface area contributed by atoms with E-state index in [0.717, 1.165) is 16.1 Å². The Labute approximate surface area is 124 Å². The van der Waals surface area contributed by atoms with Crippen molar-refractivity contribution in [2.45, 2.75) is 0 Å². The zero-order valence-corrected chi connectivity index (χ0v) is 14.3. The lowest BCUT2D eigenvalue weighted by atomic mass is 10.4. The van der Waals surface area contributed by atoms with Gasteiger partial charge in [-0.3, -0.25) is 0 Å². The minimum atomic E-state index is 0.594. The molecule has 1 aromatic carbocycles. The topological polar surface area (TPSA) is 0 Å². The Morgan fingerprint density at radius 2 is 1.08 bits per heavy atom. The lowest BCUT2D eigenvalue weighted by Gasteiger charge is -2.07. The second kappa shape index (κ2) is 4.83. The standard InChI is InChI=1S/C6Br2Cl2I2/c7-1-2(8)6(12)4(10)3(9)5(1)11. The summed E-state index contributed by atoms with van der Waals surface area (Å²) in [7, 11) is 0. The van der Waals surface area contributed by atoms with Crippen LogP contribution >= 0.6 is 100 Å². The van der Waals surface area contributed by atoms with Crippen LogP contribution in [0.5, 0.6) is 0 Å². The van der Waals surface area contributed by atoms with E-state index in [1.165, 1.54) is 0 Å². The van der Waals surface area contributed by atoms with Crippen LogP contribution in [0.3, 0.4) is 0 Å². The highest BCUT2D eigenvalue weighted by Crippen LogP contribution is 2.42. The van der Waals surface area contributed by atoms with Crippen molar-refractivity contribution in [1.82, 2.24) is 0 Å². The van der Waals surface area contributed by atoms with Gasteiger partial charge < -0.3 is 0 Å². The second-order valence-corrected chi connectivity index (χ2v) is 6.38. The smallest absolute Gasteiger partial charge is 0.0748 e. The molecule has 0 aliphatic heterocycles. The first-order chi connectivity index (χ1) is 5.46. The van der Waals surface area contributed by atoms with Gasteiger partial charge in [0.15, 0.2) is 0 Å². The van der Waals surface area contributed by atoms with E-state index in [9.17, 15) is 0 Å². The summed E-state index contributed by atoms with van der Waals surface area (Å²) in [5, 5.41) is 1.19. The van der Waals surface area contributed by atoms with Gasteiger partial charge in [0.05, 0.1) is 10.0 Å². The Balaban J connectivity index is 3.60. The van der Waals surface area contributed by atoms with Gasteiger partial charge in [0.1, 0.15) is 0 Å². The summed E-state index contributed by atoms with van der Waals surface area (Å²) in [4.78, 5) is 0. The van der Waals surface area contributed by atoms with Crippen molar-refractivity contribution in [2.75, 3.05) is 0 Å². The van der Waals surface area contributed by atoms with Gasteiger partial charge in [-0.15, -0.1) is 0 Å². The first kappa shape index (κ1) is 12.3. The summed E-state index contributed by atoms with van der Waals surface area (Å²) in [5.41, 5.74) is 0. The van der Waals surface area contributed by atoms with Crippen molar-refractivity contribution >= 4 is 100 Å². The second-order valence-electron chi connectivity index (χ2n) is 1.88.